The molecule has 6 rings (SSSR count). The van der Waals surface area contributed by atoms with E-state index in [-0.39, 0.29) is 47.1 Å². The molecule has 0 amide bonds. The zero-order valence-corrected chi connectivity index (χ0v) is 33.3. The van der Waals surface area contributed by atoms with Crippen molar-refractivity contribution in [1.82, 2.24) is 0 Å². The predicted octanol–water partition coefficient (Wildman–Crippen LogP) is 6.43. The number of aliphatic hydroxyl groups is 5. The predicted molar refractivity (Wildman–Crippen MR) is 200 cm³/mol. The van der Waals surface area contributed by atoms with E-state index in [1.807, 2.05) is 0 Å². The molecule has 5 fully saturated rings. The number of hydrogen-bond acceptors (Lipinski definition) is 9. The molecule has 9 nitrogen and oxygen atoms in total. The smallest absolute Gasteiger partial charge is 0.161 e. The van der Waals surface area contributed by atoms with Crippen LogP contribution in [-0.4, -0.2) is 93.6 Å². The molecular formula is C43H72O9. The van der Waals surface area contributed by atoms with Gasteiger partial charge in [0.1, 0.15) is 0 Å². The van der Waals surface area contributed by atoms with Crippen molar-refractivity contribution in [3.05, 3.63) is 24.3 Å². The largest absolute Gasteiger partial charge is 0.394 e. The molecule has 2 aliphatic heterocycles. The number of allylic oxidation sites excluding steroid dienone is 2. The van der Waals surface area contributed by atoms with Crippen molar-refractivity contribution in [1.29, 1.82) is 0 Å². The molecule has 9 heteroatoms. The van der Waals surface area contributed by atoms with E-state index in [0.717, 1.165) is 25.7 Å². The van der Waals surface area contributed by atoms with Crippen LogP contribution in [0.2, 0.25) is 0 Å². The molecule has 3 saturated carbocycles. The Morgan fingerprint density at radius 1 is 0.865 bits per heavy atom. The summed E-state index contributed by atoms with van der Waals surface area (Å²) >= 11 is 0. The van der Waals surface area contributed by atoms with Crippen LogP contribution in [0, 0.1) is 45.3 Å². The summed E-state index contributed by atoms with van der Waals surface area (Å²) < 4.78 is 25.0. The third-order valence-electron chi connectivity index (χ3n) is 16.0. The molecule has 2 saturated heterocycles. The molecular weight excluding hydrogens is 660 g/mol. The summed E-state index contributed by atoms with van der Waals surface area (Å²) in [6.45, 7) is 20.1. The number of aliphatic hydroxyl groups excluding tert-OH is 4. The Bertz CT molecular complexity index is 1280. The van der Waals surface area contributed by atoms with E-state index in [1.54, 1.807) is 19.4 Å². The maximum Gasteiger partial charge on any atom is 0.161 e. The van der Waals surface area contributed by atoms with E-state index in [9.17, 15) is 25.5 Å². The molecule has 6 aliphatic rings. The van der Waals surface area contributed by atoms with Crippen molar-refractivity contribution in [2.75, 3.05) is 13.2 Å². The first-order valence-corrected chi connectivity index (χ1v) is 20.6. The van der Waals surface area contributed by atoms with Gasteiger partial charge in [0.05, 0.1) is 55.4 Å². The summed E-state index contributed by atoms with van der Waals surface area (Å²) in [4.78, 5) is 0. The van der Waals surface area contributed by atoms with Crippen LogP contribution >= 0.6 is 0 Å². The van der Waals surface area contributed by atoms with Crippen molar-refractivity contribution in [2.24, 2.45) is 45.3 Å². The fourth-order valence-corrected chi connectivity index (χ4v) is 12.7. The van der Waals surface area contributed by atoms with Crippen LogP contribution < -0.4 is 0 Å². The number of ether oxygens (including phenoxy) is 4. The zero-order valence-electron chi connectivity index (χ0n) is 33.3. The van der Waals surface area contributed by atoms with Gasteiger partial charge < -0.3 is 44.5 Å². The molecule has 298 valence electrons. The first-order chi connectivity index (χ1) is 24.4. The summed E-state index contributed by atoms with van der Waals surface area (Å²) in [6, 6.07) is 0. The standard InChI is InChI=1S/C43H72O9/c1-9-26(10-14-36(40(4,5)48)52-38-23-28(47)21-30(25-45)50-38)31-16-17-43(8)34-13-11-32-33(41(34,6)18-19-42(31,43)7)12-15-35(39(32,2)3)51-37-22-27(46)20-29(24-44)49-37/h9,11,26-31,33-38,44-48H,1,10,12-25H2,2-8H3/t26-,27+,28+,29+,30+,31-,33?,34?,35+,36-,37+,38+,41+,42-,43+/m1/s1. The van der Waals surface area contributed by atoms with Crippen molar-refractivity contribution in [3.8, 4) is 0 Å². The van der Waals surface area contributed by atoms with Gasteiger partial charge in [-0.1, -0.05) is 52.3 Å². The monoisotopic (exact) mass is 733 g/mol. The fourth-order valence-electron chi connectivity index (χ4n) is 12.7. The van der Waals surface area contributed by atoms with Gasteiger partial charge in [-0.15, -0.1) is 6.58 Å². The maximum atomic E-state index is 11.2. The molecule has 0 aromatic carbocycles. The Morgan fingerprint density at radius 3 is 2.12 bits per heavy atom. The third kappa shape index (κ3) is 7.38. The van der Waals surface area contributed by atoms with Gasteiger partial charge in [-0.3, -0.25) is 0 Å². The average molecular weight is 733 g/mol. The Hall–Kier alpha value is -0.880. The van der Waals surface area contributed by atoms with Crippen molar-refractivity contribution >= 4 is 0 Å². The molecule has 0 radical (unpaired) electrons. The lowest BCUT2D eigenvalue weighted by Crippen LogP contribution is -2.59. The molecule has 15 atom stereocenters. The lowest BCUT2D eigenvalue weighted by Gasteiger charge is -2.66. The van der Waals surface area contributed by atoms with Gasteiger partial charge >= 0.3 is 0 Å². The van der Waals surface area contributed by atoms with Crippen molar-refractivity contribution < 1.29 is 44.5 Å². The molecule has 52 heavy (non-hydrogen) atoms. The Morgan fingerprint density at radius 2 is 1.50 bits per heavy atom. The van der Waals surface area contributed by atoms with Gasteiger partial charge in [0.2, 0.25) is 0 Å². The minimum absolute atomic E-state index is 0.000925. The minimum atomic E-state index is -1.09. The van der Waals surface area contributed by atoms with Crippen molar-refractivity contribution in [2.45, 2.75) is 187 Å². The summed E-state index contributed by atoms with van der Waals surface area (Å²) in [5.41, 5.74) is 0.855. The molecule has 4 aliphatic carbocycles. The highest BCUT2D eigenvalue weighted by Crippen LogP contribution is 2.75. The summed E-state index contributed by atoms with van der Waals surface area (Å²) in [7, 11) is 0. The van der Waals surface area contributed by atoms with Gasteiger partial charge in [-0.05, 0) is 112 Å². The van der Waals surface area contributed by atoms with E-state index >= 15 is 0 Å². The van der Waals surface area contributed by atoms with Crippen molar-refractivity contribution in [3.63, 3.8) is 0 Å². The van der Waals surface area contributed by atoms with Gasteiger partial charge in [0.25, 0.3) is 0 Å². The molecule has 0 aromatic heterocycles. The molecule has 0 bridgehead atoms. The van der Waals surface area contributed by atoms with Crippen LogP contribution in [0.3, 0.4) is 0 Å². The van der Waals surface area contributed by atoms with Gasteiger partial charge in [-0.25, -0.2) is 0 Å². The van der Waals surface area contributed by atoms with E-state index in [0.29, 0.717) is 55.8 Å². The third-order valence-corrected chi connectivity index (χ3v) is 16.0. The summed E-state index contributed by atoms with van der Waals surface area (Å²) in [6.07, 6.45) is 12.2. The lowest BCUT2D eigenvalue weighted by molar-refractivity contribution is -0.261. The lowest BCUT2D eigenvalue weighted by atomic mass is 9.39. The minimum Gasteiger partial charge on any atom is -0.394 e. The molecule has 0 aromatic rings. The highest BCUT2D eigenvalue weighted by molar-refractivity contribution is 5.30. The first kappa shape index (κ1) is 40.8. The van der Waals surface area contributed by atoms with Gasteiger partial charge in [-0.2, -0.15) is 0 Å². The van der Waals surface area contributed by atoms with Crippen LogP contribution in [0.5, 0.6) is 0 Å². The second-order valence-electron chi connectivity index (χ2n) is 19.7. The maximum absolute atomic E-state index is 11.2. The van der Waals surface area contributed by atoms with E-state index < -0.39 is 42.6 Å². The molecule has 0 spiro atoms. The van der Waals surface area contributed by atoms with Gasteiger partial charge in [0, 0.05) is 31.1 Å². The second-order valence-corrected chi connectivity index (χ2v) is 19.7. The van der Waals surface area contributed by atoms with E-state index in [1.165, 1.54) is 25.7 Å². The highest BCUT2D eigenvalue weighted by Gasteiger charge is 2.67. The van der Waals surface area contributed by atoms with Gasteiger partial charge in [0.15, 0.2) is 12.6 Å². The first-order valence-electron chi connectivity index (χ1n) is 20.6. The quantitative estimate of drug-likeness (QED) is 0.144. The normalized spacial score (nSPS) is 46.0. The summed E-state index contributed by atoms with van der Waals surface area (Å²) in [5, 5.41) is 51.4. The number of hydrogen-bond donors (Lipinski definition) is 5. The van der Waals surface area contributed by atoms with E-state index in [4.69, 9.17) is 18.9 Å². The molecule has 5 N–H and O–H groups in total. The van der Waals surface area contributed by atoms with Crippen LogP contribution in [-0.2, 0) is 18.9 Å². The Kier molecular flexibility index (Phi) is 11.9. The Labute approximate surface area is 313 Å². The van der Waals surface area contributed by atoms with E-state index in [2.05, 4.69) is 53.3 Å². The SMILES string of the molecule is C=C[C@H](CC[C@@H](O[C@H]1C[C@@H](O)C[C@@H](CO)O1)C(C)(C)O)[C@H]1CC[C@@]2(C)C3CC=C4C(CC[C@H](O[C@H]5C[C@@H](O)C[C@@H](CO)O5)C4(C)C)[C@]3(C)CC[C@]12C. The number of fused-ring (bicyclic) bond motifs is 5. The average Bonchev–Trinajstić information content (AvgIpc) is 3.35. The van der Waals surface area contributed by atoms with Crippen LogP contribution in [0.15, 0.2) is 24.3 Å². The zero-order chi connectivity index (χ0) is 37.9. The van der Waals surface area contributed by atoms with Crippen LogP contribution in [0.4, 0.5) is 0 Å². The topological polar surface area (TPSA) is 138 Å². The Balaban J connectivity index is 1.16. The highest BCUT2D eigenvalue weighted by atomic mass is 16.7. The second kappa shape index (κ2) is 15.2. The van der Waals surface area contributed by atoms with Crippen LogP contribution in [0.1, 0.15) is 132 Å². The summed E-state index contributed by atoms with van der Waals surface area (Å²) in [5.74, 6) is 1.88. The molecule has 2 heterocycles. The van der Waals surface area contributed by atoms with Crippen LogP contribution in [0.25, 0.3) is 0 Å². The fraction of sp³-hybridized carbons (Fsp3) is 0.907. The molecule has 2 unspecified atom stereocenters. The number of rotatable bonds is 12.